The van der Waals surface area contributed by atoms with Gasteiger partial charge in [-0.1, -0.05) is 0 Å². The Morgan fingerprint density at radius 3 is 2.75 bits per heavy atom. The molecule has 1 fully saturated rings. The normalized spacial score (nSPS) is 20.6. The van der Waals surface area contributed by atoms with E-state index in [0.29, 0.717) is 13.0 Å². The number of urea groups is 1. The number of aliphatic carboxylic acids is 1. The molecule has 0 spiro atoms. The molecule has 0 aromatic heterocycles. The van der Waals surface area contributed by atoms with Crippen LogP contribution in [-0.2, 0) is 9.53 Å². The Bertz CT molecular complexity index is 337. The maximum atomic E-state index is 12.3. The van der Waals surface area contributed by atoms with Crippen molar-refractivity contribution in [3.05, 3.63) is 0 Å². The van der Waals surface area contributed by atoms with Crippen LogP contribution in [0.2, 0.25) is 0 Å². The number of carbonyl (C=O) groups is 2. The Kier molecular flexibility index (Phi) is 6.74. The van der Waals surface area contributed by atoms with Gasteiger partial charge in [0.05, 0.1) is 25.7 Å². The molecule has 7 nitrogen and oxygen atoms in total. The van der Waals surface area contributed by atoms with Crippen LogP contribution in [0.4, 0.5) is 4.79 Å². The molecule has 1 heterocycles. The summed E-state index contributed by atoms with van der Waals surface area (Å²) in [5.41, 5.74) is 0. The molecule has 1 rings (SSSR count). The third kappa shape index (κ3) is 4.97. The molecule has 2 atom stereocenters. The number of aliphatic hydroxyl groups is 1. The monoisotopic (exact) mass is 288 g/mol. The first kappa shape index (κ1) is 16.7. The summed E-state index contributed by atoms with van der Waals surface area (Å²) in [6.07, 6.45) is 1.78. The van der Waals surface area contributed by atoms with Crippen molar-refractivity contribution in [2.24, 2.45) is 0 Å². The number of ether oxygens (including phenoxy) is 1. The van der Waals surface area contributed by atoms with Crippen LogP contribution in [0, 0.1) is 0 Å². The van der Waals surface area contributed by atoms with E-state index in [9.17, 15) is 14.7 Å². The van der Waals surface area contributed by atoms with Crippen LogP contribution < -0.4 is 0 Å². The van der Waals surface area contributed by atoms with Crippen molar-refractivity contribution in [1.82, 2.24) is 9.80 Å². The van der Waals surface area contributed by atoms with Crippen molar-refractivity contribution in [3.63, 3.8) is 0 Å². The van der Waals surface area contributed by atoms with Crippen LogP contribution in [0.3, 0.4) is 0 Å². The Labute approximate surface area is 119 Å². The fourth-order valence-corrected chi connectivity index (χ4v) is 2.52. The van der Waals surface area contributed by atoms with Crippen molar-refractivity contribution in [3.8, 4) is 0 Å². The first-order valence-corrected chi connectivity index (χ1v) is 6.86. The predicted molar refractivity (Wildman–Crippen MR) is 72.5 cm³/mol. The fourth-order valence-electron chi connectivity index (χ4n) is 2.52. The van der Waals surface area contributed by atoms with E-state index < -0.39 is 12.1 Å². The molecule has 7 heteroatoms. The molecular weight excluding hydrogens is 264 g/mol. The summed E-state index contributed by atoms with van der Waals surface area (Å²) in [6, 6.07) is -0.484. The van der Waals surface area contributed by atoms with Crippen LogP contribution in [0.1, 0.15) is 25.7 Å². The second-order valence-electron chi connectivity index (χ2n) is 5.21. The van der Waals surface area contributed by atoms with Crippen molar-refractivity contribution >= 4 is 12.0 Å². The van der Waals surface area contributed by atoms with Crippen LogP contribution in [0.15, 0.2) is 0 Å². The Hall–Kier alpha value is -1.34. The number of rotatable bonds is 6. The average Bonchev–Trinajstić information content (AvgIpc) is 2.38. The lowest BCUT2D eigenvalue weighted by Crippen LogP contribution is -2.51. The van der Waals surface area contributed by atoms with Gasteiger partial charge < -0.3 is 24.7 Å². The molecule has 1 aliphatic heterocycles. The Morgan fingerprint density at radius 2 is 2.15 bits per heavy atom. The van der Waals surface area contributed by atoms with Gasteiger partial charge in [0.25, 0.3) is 0 Å². The molecule has 0 aromatic rings. The summed E-state index contributed by atoms with van der Waals surface area (Å²) in [5.74, 6) is -0.892. The minimum Gasteiger partial charge on any atom is -0.481 e. The van der Waals surface area contributed by atoms with Crippen LogP contribution >= 0.6 is 0 Å². The number of hydrogen-bond acceptors (Lipinski definition) is 4. The third-order valence-electron chi connectivity index (χ3n) is 3.45. The Balaban J connectivity index is 2.59. The molecule has 0 radical (unpaired) electrons. The number of nitrogens with zero attached hydrogens (tertiary/aromatic N) is 2. The highest BCUT2D eigenvalue weighted by Gasteiger charge is 2.30. The SMILES string of the molecule is COCC(O)CN(C)C(=O)N1CCCCC1CC(=O)O. The number of carbonyl (C=O) groups excluding carboxylic acids is 1. The van der Waals surface area contributed by atoms with Crippen molar-refractivity contribution in [2.75, 3.05) is 33.9 Å². The summed E-state index contributed by atoms with van der Waals surface area (Å²) < 4.78 is 4.82. The smallest absolute Gasteiger partial charge is 0.320 e. The van der Waals surface area contributed by atoms with Gasteiger partial charge >= 0.3 is 12.0 Å². The van der Waals surface area contributed by atoms with Gasteiger partial charge in [0.2, 0.25) is 0 Å². The number of likely N-dealkylation sites (N-methyl/N-ethyl adjacent to an activating group) is 1. The highest BCUT2D eigenvalue weighted by Crippen LogP contribution is 2.21. The molecular formula is C13H24N2O5. The van der Waals surface area contributed by atoms with Crippen LogP contribution in [0.5, 0.6) is 0 Å². The molecule has 2 N–H and O–H groups in total. The number of carboxylic acids is 1. The Morgan fingerprint density at radius 1 is 1.45 bits per heavy atom. The molecule has 1 aliphatic rings. The number of aliphatic hydroxyl groups excluding tert-OH is 1. The maximum absolute atomic E-state index is 12.3. The first-order valence-electron chi connectivity index (χ1n) is 6.86. The number of carboxylic acid groups (broad SMARTS) is 1. The lowest BCUT2D eigenvalue weighted by atomic mass is 10.00. The van der Waals surface area contributed by atoms with Gasteiger partial charge in [0.15, 0.2) is 0 Å². The second kappa shape index (κ2) is 8.06. The minimum absolute atomic E-state index is 0.0276. The molecule has 2 amide bonds. The topological polar surface area (TPSA) is 90.3 Å². The molecule has 116 valence electrons. The summed E-state index contributed by atoms with van der Waals surface area (Å²) >= 11 is 0. The molecule has 20 heavy (non-hydrogen) atoms. The van der Waals surface area contributed by atoms with Gasteiger partial charge in [-0.2, -0.15) is 0 Å². The van der Waals surface area contributed by atoms with Crippen LogP contribution in [-0.4, -0.2) is 78.0 Å². The molecule has 1 saturated heterocycles. The van der Waals surface area contributed by atoms with Crippen LogP contribution in [0.25, 0.3) is 0 Å². The van der Waals surface area contributed by atoms with E-state index >= 15 is 0 Å². The maximum Gasteiger partial charge on any atom is 0.320 e. The van der Waals surface area contributed by atoms with E-state index in [1.807, 2.05) is 0 Å². The summed E-state index contributed by atoms with van der Waals surface area (Å²) in [5, 5.41) is 18.6. The zero-order chi connectivity index (χ0) is 15.1. The standard InChI is InChI=1S/C13H24N2O5/c1-14(8-11(16)9-20-2)13(19)15-6-4-3-5-10(15)7-12(17)18/h10-11,16H,3-9H2,1-2H3,(H,17,18). The quantitative estimate of drug-likeness (QED) is 0.737. The predicted octanol–water partition coefficient (Wildman–Crippen LogP) is 0.375. The third-order valence-corrected chi connectivity index (χ3v) is 3.45. The lowest BCUT2D eigenvalue weighted by Gasteiger charge is -2.37. The number of amides is 2. The molecule has 0 aliphatic carbocycles. The lowest BCUT2D eigenvalue weighted by molar-refractivity contribution is -0.138. The first-order chi connectivity index (χ1) is 9.45. The van der Waals surface area contributed by atoms with E-state index in [1.54, 1.807) is 11.9 Å². The summed E-state index contributed by atoms with van der Waals surface area (Å²) in [7, 11) is 3.09. The second-order valence-corrected chi connectivity index (χ2v) is 5.21. The molecule has 0 aromatic carbocycles. The van der Waals surface area contributed by atoms with Gasteiger partial charge in [0, 0.05) is 26.7 Å². The van der Waals surface area contributed by atoms with Gasteiger partial charge in [-0.3, -0.25) is 4.79 Å². The highest BCUT2D eigenvalue weighted by molar-refractivity contribution is 5.76. The number of hydrogen-bond donors (Lipinski definition) is 2. The van der Waals surface area contributed by atoms with Crippen molar-refractivity contribution < 1.29 is 24.5 Å². The van der Waals surface area contributed by atoms with E-state index in [-0.39, 0.29) is 31.6 Å². The number of methoxy groups -OCH3 is 1. The highest BCUT2D eigenvalue weighted by atomic mass is 16.5. The van der Waals surface area contributed by atoms with Crippen molar-refractivity contribution in [1.29, 1.82) is 0 Å². The number of likely N-dealkylation sites (tertiary alicyclic amines) is 1. The minimum atomic E-state index is -0.892. The van der Waals surface area contributed by atoms with Gasteiger partial charge in [-0.25, -0.2) is 4.79 Å². The molecule has 0 saturated carbocycles. The molecule has 2 unspecified atom stereocenters. The molecule has 0 bridgehead atoms. The van der Waals surface area contributed by atoms with Gasteiger partial charge in [-0.15, -0.1) is 0 Å². The van der Waals surface area contributed by atoms with E-state index in [1.165, 1.54) is 12.0 Å². The van der Waals surface area contributed by atoms with E-state index in [0.717, 1.165) is 12.8 Å². The summed E-state index contributed by atoms with van der Waals surface area (Å²) in [4.78, 5) is 26.2. The zero-order valence-electron chi connectivity index (χ0n) is 12.1. The van der Waals surface area contributed by atoms with E-state index in [2.05, 4.69) is 0 Å². The largest absolute Gasteiger partial charge is 0.481 e. The van der Waals surface area contributed by atoms with Crippen molar-refractivity contribution in [2.45, 2.75) is 37.8 Å². The van der Waals surface area contributed by atoms with Gasteiger partial charge in [-0.05, 0) is 19.3 Å². The van der Waals surface area contributed by atoms with E-state index in [4.69, 9.17) is 9.84 Å². The zero-order valence-corrected chi connectivity index (χ0v) is 12.1. The summed E-state index contributed by atoms with van der Waals surface area (Å²) in [6.45, 7) is 0.903. The van der Waals surface area contributed by atoms with Gasteiger partial charge in [0.1, 0.15) is 0 Å². The average molecular weight is 288 g/mol. The fraction of sp³-hybridized carbons (Fsp3) is 0.846. The number of piperidine rings is 1.